The summed E-state index contributed by atoms with van der Waals surface area (Å²) in [7, 11) is 0. The van der Waals surface area contributed by atoms with Crippen LogP contribution in [0.2, 0.25) is 10.0 Å². The standard InChI is InChI=1S/C11H14Cl2N2O.ClH/c1-7(6-14)15-11(16)5-8-9(12)3-2-4-10(8)13;/h2-4,7H,5-6,14H2,1H3,(H,15,16);1H/t7-;/m0./s1. The van der Waals surface area contributed by atoms with E-state index >= 15 is 0 Å². The highest BCUT2D eigenvalue weighted by Gasteiger charge is 2.11. The van der Waals surface area contributed by atoms with Gasteiger partial charge in [0.15, 0.2) is 0 Å². The van der Waals surface area contributed by atoms with Crippen LogP contribution in [0.25, 0.3) is 0 Å². The van der Waals surface area contributed by atoms with Crippen LogP contribution in [-0.2, 0) is 11.2 Å². The Bertz CT molecular complexity index is 365. The maximum atomic E-state index is 11.6. The third-order valence-corrected chi connectivity index (χ3v) is 2.87. The highest BCUT2D eigenvalue weighted by Crippen LogP contribution is 2.24. The van der Waals surface area contributed by atoms with Crippen molar-refractivity contribution in [1.29, 1.82) is 0 Å². The molecule has 3 N–H and O–H groups in total. The van der Waals surface area contributed by atoms with Crippen molar-refractivity contribution in [2.75, 3.05) is 6.54 Å². The van der Waals surface area contributed by atoms with Crippen molar-refractivity contribution in [1.82, 2.24) is 5.32 Å². The van der Waals surface area contributed by atoms with E-state index in [0.717, 1.165) is 0 Å². The largest absolute Gasteiger partial charge is 0.352 e. The van der Waals surface area contributed by atoms with E-state index in [1.54, 1.807) is 18.2 Å². The molecule has 0 saturated carbocycles. The van der Waals surface area contributed by atoms with E-state index in [-0.39, 0.29) is 30.8 Å². The zero-order valence-corrected chi connectivity index (χ0v) is 11.7. The molecule has 0 bridgehead atoms. The summed E-state index contributed by atoms with van der Waals surface area (Å²) < 4.78 is 0. The molecular weight excluding hydrogens is 282 g/mol. The number of halogens is 3. The Morgan fingerprint density at radius 1 is 1.41 bits per heavy atom. The predicted molar refractivity (Wildman–Crippen MR) is 74.1 cm³/mol. The first-order valence-electron chi connectivity index (χ1n) is 4.97. The Morgan fingerprint density at radius 3 is 2.41 bits per heavy atom. The zero-order valence-electron chi connectivity index (χ0n) is 9.37. The summed E-state index contributed by atoms with van der Waals surface area (Å²) in [6.07, 6.45) is 0.169. The van der Waals surface area contributed by atoms with Crippen LogP contribution in [0.4, 0.5) is 0 Å². The van der Waals surface area contributed by atoms with Crippen LogP contribution in [0.5, 0.6) is 0 Å². The molecule has 6 heteroatoms. The van der Waals surface area contributed by atoms with E-state index in [0.29, 0.717) is 22.2 Å². The maximum Gasteiger partial charge on any atom is 0.224 e. The SMILES string of the molecule is C[C@@H](CN)NC(=O)Cc1c(Cl)cccc1Cl.Cl. The highest BCUT2D eigenvalue weighted by molar-refractivity contribution is 6.36. The second kappa shape index (κ2) is 7.77. The fourth-order valence-corrected chi connectivity index (χ4v) is 1.78. The summed E-state index contributed by atoms with van der Waals surface area (Å²) in [6, 6.07) is 5.12. The number of rotatable bonds is 4. The van der Waals surface area contributed by atoms with Gasteiger partial charge in [0.25, 0.3) is 0 Å². The van der Waals surface area contributed by atoms with Crippen molar-refractivity contribution in [2.24, 2.45) is 5.73 Å². The van der Waals surface area contributed by atoms with Gasteiger partial charge in [-0.25, -0.2) is 0 Å². The first kappa shape index (κ1) is 16.5. The molecule has 1 rings (SSSR count). The van der Waals surface area contributed by atoms with Gasteiger partial charge in [-0.15, -0.1) is 12.4 Å². The van der Waals surface area contributed by atoms with Gasteiger partial charge in [-0.3, -0.25) is 4.79 Å². The van der Waals surface area contributed by atoms with Gasteiger partial charge in [-0.05, 0) is 24.6 Å². The van der Waals surface area contributed by atoms with Gasteiger partial charge in [-0.1, -0.05) is 29.3 Å². The molecule has 1 aromatic rings. The molecule has 0 aromatic heterocycles. The Balaban J connectivity index is 0.00000256. The monoisotopic (exact) mass is 296 g/mol. The minimum absolute atomic E-state index is 0. The molecule has 0 aliphatic heterocycles. The summed E-state index contributed by atoms with van der Waals surface area (Å²) >= 11 is 11.9. The lowest BCUT2D eigenvalue weighted by Crippen LogP contribution is -2.38. The quantitative estimate of drug-likeness (QED) is 0.897. The fraction of sp³-hybridized carbons (Fsp3) is 0.364. The number of nitrogens with two attached hydrogens (primary N) is 1. The number of amides is 1. The smallest absolute Gasteiger partial charge is 0.224 e. The van der Waals surface area contributed by atoms with Crippen LogP contribution in [0.1, 0.15) is 12.5 Å². The fourth-order valence-electron chi connectivity index (χ4n) is 1.25. The third-order valence-electron chi connectivity index (χ3n) is 2.16. The summed E-state index contributed by atoms with van der Waals surface area (Å²) in [5.41, 5.74) is 6.05. The van der Waals surface area contributed by atoms with E-state index in [1.165, 1.54) is 0 Å². The van der Waals surface area contributed by atoms with E-state index in [9.17, 15) is 4.79 Å². The van der Waals surface area contributed by atoms with E-state index < -0.39 is 0 Å². The zero-order chi connectivity index (χ0) is 12.1. The Hall–Kier alpha value is -0.480. The lowest BCUT2D eigenvalue weighted by Gasteiger charge is -2.12. The van der Waals surface area contributed by atoms with Crippen LogP contribution >= 0.6 is 35.6 Å². The first-order chi connectivity index (χ1) is 7.54. The number of hydrogen-bond donors (Lipinski definition) is 2. The molecule has 0 aliphatic rings. The summed E-state index contributed by atoms with van der Waals surface area (Å²) in [5, 5.41) is 3.76. The van der Waals surface area contributed by atoms with Crippen LogP contribution in [0.15, 0.2) is 18.2 Å². The molecule has 1 atom stereocenters. The number of nitrogens with one attached hydrogen (secondary N) is 1. The average Bonchev–Trinajstić information content (AvgIpc) is 2.23. The molecule has 0 fully saturated rings. The second-order valence-electron chi connectivity index (χ2n) is 3.58. The molecule has 0 aliphatic carbocycles. The molecule has 0 radical (unpaired) electrons. The van der Waals surface area contributed by atoms with Crippen molar-refractivity contribution < 1.29 is 4.79 Å². The Kier molecular flexibility index (Phi) is 7.55. The summed E-state index contributed by atoms with van der Waals surface area (Å²) in [4.78, 5) is 11.6. The summed E-state index contributed by atoms with van der Waals surface area (Å²) in [5.74, 6) is -0.132. The number of carbonyl (C=O) groups excluding carboxylic acids is 1. The van der Waals surface area contributed by atoms with Crippen LogP contribution in [-0.4, -0.2) is 18.5 Å². The Morgan fingerprint density at radius 2 is 1.94 bits per heavy atom. The van der Waals surface area contributed by atoms with Crippen molar-refractivity contribution in [3.8, 4) is 0 Å². The van der Waals surface area contributed by atoms with E-state index in [2.05, 4.69) is 5.32 Å². The highest BCUT2D eigenvalue weighted by atomic mass is 35.5. The van der Waals surface area contributed by atoms with Crippen molar-refractivity contribution in [3.05, 3.63) is 33.8 Å². The van der Waals surface area contributed by atoms with Gasteiger partial charge in [0.2, 0.25) is 5.91 Å². The second-order valence-corrected chi connectivity index (χ2v) is 4.40. The maximum absolute atomic E-state index is 11.6. The summed E-state index contributed by atoms with van der Waals surface area (Å²) in [6.45, 7) is 2.24. The molecule has 17 heavy (non-hydrogen) atoms. The lowest BCUT2D eigenvalue weighted by molar-refractivity contribution is -0.120. The molecule has 3 nitrogen and oxygen atoms in total. The van der Waals surface area contributed by atoms with Gasteiger partial charge in [0.05, 0.1) is 6.42 Å². The molecule has 0 saturated heterocycles. The molecule has 96 valence electrons. The van der Waals surface area contributed by atoms with Crippen LogP contribution in [0, 0.1) is 0 Å². The molecule has 0 spiro atoms. The number of benzene rings is 1. The van der Waals surface area contributed by atoms with Gasteiger partial charge in [-0.2, -0.15) is 0 Å². The van der Waals surface area contributed by atoms with E-state index in [1.807, 2.05) is 6.92 Å². The predicted octanol–water partition coefficient (Wildman–Crippen LogP) is 2.42. The average molecular weight is 298 g/mol. The number of hydrogen-bond acceptors (Lipinski definition) is 2. The topological polar surface area (TPSA) is 55.1 Å². The number of carbonyl (C=O) groups is 1. The van der Waals surface area contributed by atoms with Gasteiger partial charge < -0.3 is 11.1 Å². The van der Waals surface area contributed by atoms with Crippen LogP contribution in [0.3, 0.4) is 0 Å². The third kappa shape index (κ3) is 5.13. The molecule has 1 amide bonds. The van der Waals surface area contributed by atoms with Crippen molar-refractivity contribution in [3.63, 3.8) is 0 Å². The lowest BCUT2D eigenvalue weighted by atomic mass is 10.1. The Labute approximate surface area is 117 Å². The molecule has 0 heterocycles. The van der Waals surface area contributed by atoms with Crippen molar-refractivity contribution >= 4 is 41.5 Å². The van der Waals surface area contributed by atoms with Gasteiger partial charge >= 0.3 is 0 Å². The van der Waals surface area contributed by atoms with Crippen LogP contribution < -0.4 is 11.1 Å². The molecule has 1 aromatic carbocycles. The van der Waals surface area contributed by atoms with Crippen molar-refractivity contribution in [2.45, 2.75) is 19.4 Å². The van der Waals surface area contributed by atoms with Gasteiger partial charge in [0, 0.05) is 22.6 Å². The van der Waals surface area contributed by atoms with Gasteiger partial charge in [0.1, 0.15) is 0 Å². The normalized spacial score (nSPS) is 11.5. The van der Waals surface area contributed by atoms with E-state index in [4.69, 9.17) is 28.9 Å². The minimum atomic E-state index is -0.132. The minimum Gasteiger partial charge on any atom is -0.352 e. The molecular formula is C11H15Cl3N2O. The molecule has 0 unspecified atom stereocenters. The first-order valence-corrected chi connectivity index (χ1v) is 5.72.